The van der Waals surface area contributed by atoms with Crippen LogP contribution in [0.4, 0.5) is 5.69 Å². The Morgan fingerprint density at radius 2 is 2.14 bits per heavy atom. The zero-order valence-electron chi connectivity index (χ0n) is 12.5. The number of nitrogens with one attached hydrogen (secondary N) is 2. The van der Waals surface area contributed by atoms with Crippen molar-refractivity contribution in [1.29, 1.82) is 0 Å². The molecule has 0 unspecified atom stereocenters. The van der Waals surface area contributed by atoms with E-state index in [0.717, 1.165) is 22.8 Å². The molecule has 7 heteroatoms. The predicted octanol–water partition coefficient (Wildman–Crippen LogP) is 2.79. The van der Waals surface area contributed by atoms with Gasteiger partial charge >= 0.3 is 5.97 Å². The Kier molecular flexibility index (Phi) is 4.56. The number of esters is 1. The Balaban J connectivity index is 2.64. The molecule has 0 aliphatic rings. The third kappa shape index (κ3) is 3.14. The Hall–Kier alpha value is -2.28. The number of benzene rings is 1. The number of sulfonamides is 1. The number of rotatable bonds is 6. The quantitative estimate of drug-likeness (QED) is 0.800. The van der Waals surface area contributed by atoms with Crippen molar-refractivity contribution >= 4 is 32.6 Å². The average Bonchev–Trinajstić information content (AvgIpc) is 2.90. The van der Waals surface area contributed by atoms with Gasteiger partial charge in [0.25, 0.3) is 10.0 Å². The molecule has 0 atom stereocenters. The molecule has 0 saturated carbocycles. The van der Waals surface area contributed by atoms with Crippen molar-refractivity contribution < 1.29 is 17.9 Å². The number of carbonyl (C=O) groups excluding carboxylic acids is 1. The minimum absolute atomic E-state index is 0.248. The van der Waals surface area contributed by atoms with Crippen LogP contribution in [-0.4, -0.2) is 26.0 Å². The topological polar surface area (TPSA) is 88.3 Å². The number of H-pyrrole nitrogens is 1. The second-order valence-electron chi connectivity index (χ2n) is 4.65. The maximum atomic E-state index is 12.0. The smallest absolute Gasteiger partial charge is 0.338 e. The van der Waals surface area contributed by atoms with Gasteiger partial charge in [0, 0.05) is 17.0 Å². The lowest BCUT2D eigenvalue weighted by Gasteiger charge is -2.09. The van der Waals surface area contributed by atoms with E-state index in [2.05, 4.69) is 16.3 Å². The van der Waals surface area contributed by atoms with E-state index in [1.165, 1.54) is 6.07 Å². The molecule has 1 heterocycles. The number of hydrogen-bond donors (Lipinski definition) is 2. The third-order valence-electron chi connectivity index (χ3n) is 3.24. The predicted molar refractivity (Wildman–Crippen MR) is 86.4 cm³/mol. The summed E-state index contributed by atoms with van der Waals surface area (Å²) in [6.45, 7) is 7.21. The lowest BCUT2D eigenvalue weighted by molar-refractivity contribution is 0.0526. The van der Waals surface area contributed by atoms with Gasteiger partial charge < -0.3 is 9.72 Å². The van der Waals surface area contributed by atoms with E-state index in [-0.39, 0.29) is 6.61 Å². The Morgan fingerprint density at radius 3 is 2.73 bits per heavy atom. The van der Waals surface area contributed by atoms with Crippen molar-refractivity contribution in [3.63, 3.8) is 0 Å². The van der Waals surface area contributed by atoms with Crippen molar-refractivity contribution in [1.82, 2.24) is 4.98 Å². The Labute approximate surface area is 129 Å². The molecule has 1 aromatic carbocycles. The fraction of sp³-hybridized carbons (Fsp3) is 0.267. The van der Waals surface area contributed by atoms with Gasteiger partial charge in [0.05, 0.1) is 23.4 Å². The van der Waals surface area contributed by atoms with Gasteiger partial charge in [0.2, 0.25) is 0 Å². The van der Waals surface area contributed by atoms with E-state index in [9.17, 15) is 13.2 Å². The summed E-state index contributed by atoms with van der Waals surface area (Å²) in [6, 6.07) is 3.16. The second kappa shape index (κ2) is 6.23. The number of aryl methyl sites for hydroxylation is 1. The van der Waals surface area contributed by atoms with Crippen LogP contribution < -0.4 is 4.72 Å². The standard InChI is InChI=1S/C15H18N2O4S/c1-4-10-9-16-14-12(10)7-11(15(18)21-5-2)8-13(14)17-22(19,20)6-3/h6-9,16-17H,3-5H2,1-2H3. The summed E-state index contributed by atoms with van der Waals surface area (Å²) < 4.78 is 30.9. The van der Waals surface area contributed by atoms with Crippen molar-refractivity contribution in [3.8, 4) is 0 Å². The molecule has 6 nitrogen and oxygen atoms in total. The van der Waals surface area contributed by atoms with Crippen LogP contribution in [0.1, 0.15) is 29.8 Å². The summed E-state index contributed by atoms with van der Waals surface area (Å²) in [5.41, 5.74) is 2.20. The zero-order chi connectivity index (χ0) is 16.3. The van der Waals surface area contributed by atoms with Crippen LogP contribution in [0.3, 0.4) is 0 Å². The van der Waals surface area contributed by atoms with Gasteiger partial charge in [-0.05, 0) is 31.0 Å². The van der Waals surface area contributed by atoms with Crippen LogP contribution in [0.5, 0.6) is 0 Å². The van der Waals surface area contributed by atoms with E-state index in [1.807, 2.05) is 6.92 Å². The van der Waals surface area contributed by atoms with Crippen molar-refractivity contribution in [3.05, 3.63) is 41.4 Å². The van der Waals surface area contributed by atoms with Gasteiger partial charge in [0.15, 0.2) is 0 Å². The first-order valence-corrected chi connectivity index (χ1v) is 8.42. The Morgan fingerprint density at radius 1 is 1.41 bits per heavy atom. The number of anilines is 1. The molecule has 0 aliphatic heterocycles. The fourth-order valence-electron chi connectivity index (χ4n) is 2.19. The summed E-state index contributed by atoms with van der Waals surface area (Å²) in [4.78, 5) is 15.0. The van der Waals surface area contributed by atoms with Gasteiger partial charge in [-0.25, -0.2) is 13.2 Å². The molecule has 22 heavy (non-hydrogen) atoms. The Bertz CT molecular complexity index is 821. The molecule has 1 aromatic heterocycles. The van der Waals surface area contributed by atoms with Crippen molar-refractivity contribution in [2.24, 2.45) is 0 Å². The molecule has 118 valence electrons. The molecule has 0 saturated heterocycles. The van der Waals surface area contributed by atoms with Gasteiger partial charge in [0.1, 0.15) is 0 Å². The summed E-state index contributed by atoms with van der Waals surface area (Å²) in [5.74, 6) is -0.494. The zero-order valence-corrected chi connectivity index (χ0v) is 13.3. The normalized spacial score (nSPS) is 11.4. The monoisotopic (exact) mass is 322 g/mol. The van der Waals surface area contributed by atoms with Crippen LogP contribution in [0.2, 0.25) is 0 Å². The average molecular weight is 322 g/mol. The third-order valence-corrected chi connectivity index (χ3v) is 4.18. The van der Waals surface area contributed by atoms with Gasteiger partial charge in [-0.1, -0.05) is 13.5 Å². The first-order chi connectivity index (χ1) is 10.4. The van der Waals surface area contributed by atoms with E-state index in [0.29, 0.717) is 16.8 Å². The number of carbonyl (C=O) groups is 1. The van der Waals surface area contributed by atoms with Crippen LogP contribution in [-0.2, 0) is 21.2 Å². The SMILES string of the molecule is C=CS(=O)(=O)Nc1cc(C(=O)OCC)cc2c(CC)c[nH]c12. The summed E-state index contributed by atoms with van der Waals surface area (Å²) in [6.07, 6.45) is 2.55. The highest BCUT2D eigenvalue weighted by atomic mass is 32.2. The molecule has 0 bridgehead atoms. The summed E-state index contributed by atoms with van der Waals surface area (Å²) in [5, 5.41) is 1.61. The summed E-state index contributed by atoms with van der Waals surface area (Å²) in [7, 11) is -3.67. The minimum Gasteiger partial charge on any atom is -0.462 e. The van der Waals surface area contributed by atoms with E-state index in [1.54, 1.807) is 19.2 Å². The first-order valence-electron chi connectivity index (χ1n) is 6.88. The van der Waals surface area contributed by atoms with Gasteiger partial charge in [-0.3, -0.25) is 4.72 Å². The lowest BCUT2D eigenvalue weighted by Crippen LogP contribution is -2.11. The maximum Gasteiger partial charge on any atom is 0.338 e. The molecule has 0 spiro atoms. The van der Waals surface area contributed by atoms with Crippen molar-refractivity contribution in [2.45, 2.75) is 20.3 Å². The number of fused-ring (bicyclic) bond motifs is 1. The summed E-state index contributed by atoms with van der Waals surface area (Å²) >= 11 is 0. The molecule has 2 N–H and O–H groups in total. The maximum absolute atomic E-state index is 12.0. The molecular weight excluding hydrogens is 304 g/mol. The molecule has 0 aliphatic carbocycles. The highest BCUT2D eigenvalue weighted by Crippen LogP contribution is 2.29. The second-order valence-corrected chi connectivity index (χ2v) is 6.28. The van der Waals surface area contributed by atoms with Crippen LogP contribution in [0.25, 0.3) is 10.9 Å². The van der Waals surface area contributed by atoms with Gasteiger partial charge in [-0.15, -0.1) is 0 Å². The first kappa shape index (κ1) is 16.1. The largest absolute Gasteiger partial charge is 0.462 e. The molecule has 2 aromatic rings. The minimum atomic E-state index is -3.67. The number of ether oxygens (including phenoxy) is 1. The fourth-order valence-corrected chi connectivity index (χ4v) is 2.74. The molecule has 0 radical (unpaired) electrons. The van der Waals surface area contributed by atoms with E-state index < -0.39 is 16.0 Å². The number of aromatic nitrogens is 1. The molecule has 0 fully saturated rings. The molecular formula is C15H18N2O4S. The highest BCUT2D eigenvalue weighted by molar-refractivity contribution is 7.95. The van der Waals surface area contributed by atoms with E-state index in [4.69, 9.17) is 4.74 Å². The van der Waals surface area contributed by atoms with Crippen LogP contribution >= 0.6 is 0 Å². The van der Waals surface area contributed by atoms with Gasteiger partial charge in [-0.2, -0.15) is 0 Å². The lowest BCUT2D eigenvalue weighted by atomic mass is 10.1. The van der Waals surface area contributed by atoms with Crippen LogP contribution in [0, 0.1) is 0 Å². The number of aromatic amines is 1. The number of hydrogen-bond acceptors (Lipinski definition) is 4. The van der Waals surface area contributed by atoms with E-state index >= 15 is 0 Å². The molecule has 0 amide bonds. The van der Waals surface area contributed by atoms with Crippen molar-refractivity contribution in [2.75, 3.05) is 11.3 Å². The molecule has 2 rings (SSSR count). The van der Waals surface area contributed by atoms with Crippen LogP contribution in [0.15, 0.2) is 30.3 Å². The highest BCUT2D eigenvalue weighted by Gasteiger charge is 2.16.